The molecular formula is C14H13F3N4O2. The van der Waals surface area contributed by atoms with E-state index in [9.17, 15) is 18.0 Å². The SMILES string of the molecule is Nc1nc(Nc2ccc(CCC(=O)O)cc2)ncc1C(F)(F)F. The highest BCUT2D eigenvalue weighted by atomic mass is 19.4. The minimum absolute atomic E-state index is 0.0192. The smallest absolute Gasteiger partial charge is 0.421 e. The molecule has 23 heavy (non-hydrogen) atoms. The van der Waals surface area contributed by atoms with Gasteiger partial charge in [-0.1, -0.05) is 12.1 Å². The predicted octanol–water partition coefficient (Wildman–Crippen LogP) is 2.84. The Balaban J connectivity index is 2.07. The number of halogens is 3. The van der Waals surface area contributed by atoms with E-state index in [1.54, 1.807) is 24.3 Å². The first-order valence-electron chi connectivity index (χ1n) is 6.53. The molecule has 0 aliphatic rings. The minimum Gasteiger partial charge on any atom is -0.481 e. The summed E-state index contributed by atoms with van der Waals surface area (Å²) in [6, 6.07) is 6.71. The monoisotopic (exact) mass is 326 g/mol. The topological polar surface area (TPSA) is 101 Å². The van der Waals surface area contributed by atoms with Crippen LogP contribution >= 0.6 is 0 Å². The average Bonchev–Trinajstić information content (AvgIpc) is 2.45. The summed E-state index contributed by atoms with van der Waals surface area (Å²) in [6.45, 7) is 0. The maximum atomic E-state index is 12.6. The van der Waals surface area contributed by atoms with Gasteiger partial charge in [-0.3, -0.25) is 4.79 Å². The number of aliphatic carboxylic acids is 1. The van der Waals surface area contributed by atoms with Crippen LogP contribution in [0.25, 0.3) is 0 Å². The van der Waals surface area contributed by atoms with E-state index < -0.39 is 23.5 Å². The summed E-state index contributed by atoms with van der Waals surface area (Å²) < 4.78 is 37.7. The molecule has 0 radical (unpaired) electrons. The van der Waals surface area contributed by atoms with Crippen molar-refractivity contribution >= 4 is 23.4 Å². The maximum absolute atomic E-state index is 12.6. The molecule has 0 aliphatic carbocycles. The lowest BCUT2D eigenvalue weighted by Crippen LogP contribution is -2.12. The third-order valence-electron chi connectivity index (χ3n) is 2.96. The summed E-state index contributed by atoms with van der Waals surface area (Å²) in [5, 5.41) is 11.3. The Labute approximate surface area is 129 Å². The number of carboxylic acid groups (broad SMARTS) is 1. The van der Waals surface area contributed by atoms with Crippen molar-refractivity contribution in [2.24, 2.45) is 0 Å². The third kappa shape index (κ3) is 4.56. The molecule has 0 unspecified atom stereocenters. The normalized spacial score (nSPS) is 11.3. The molecule has 122 valence electrons. The van der Waals surface area contributed by atoms with Gasteiger partial charge < -0.3 is 16.2 Å². The molecule has 2 rings (SSSR count). The van der Waals surface area contributed by atoms with Crippen LogP contribution in [0.1, 0.15) is 17.5 Å². The van der Waals surface area contributed by atoms with Crippen LogP contribution in [-0.2, 0) is 17.4 Å². The van der Waals surface area contributed by atoms with E-state index in [0.29, 0.717) is 18.3 Å². The summed E-state index contributed by atoms with van der Waals surface area (Å²) in [6.07, 6.45) is -3.58. The number of alkyl halides is 3. The molecule has 0 amide bonds. The lowest BCUT2D eigenvalue weighted by molar-refractivity contribution is -0.138. The number of hydrogen-bond acceptors (Lipinski definition) is 5. The summed E-state index contributed by atoms with van der Waals surface area (Å²) in [5.74, 6) is -1.61. The number of hydrogen-bond donors (Lipinski definition) is 3. The van der Waals surface area contributed by atoms with Gasteiger partial charge in [0.15, 0.2) is 0 Å². The Hall–Kier alpha value is -2.84. The number of nitrogens with one attached hydrogen (secondary N) is 1. The molecule has 0 spiro atoms. The van der Waals surface area contributed by atoms with Crippen molar-refractivity contribution in [3.05, 3.63) is 41.6 Å². The molecule has 9 heteroatoms. The molecule has 1 heterocycles. The zero-order valence-corrected chi connectivity index (χ0v) is 11.8. The Bertz CT molecular complexity index is 702. The Morgan fingerprint density at radius 3 is 2.43 bits per heavy atom. The zero-order valence-electron chi connectivity index (χ0n) is 11.8. The molecule has 0 atom stereocenters. The number of nitrogens with zero attached hydrogens (tertiary/aromatic N) is 2. The number of nitrogens with two attached hydrogens (primary N) is 1. The number of carbonyl (C=O) groups is 1. The van der Waals surface area contributed by atoms with Gasteiger partial charge >= 0.3 is 12.1 Å². The predicted molar refractivity (Wildman–Crippen MR) is 77.1 cm³/mol. The second kappa shape index (κ2) is 6.51. The zero-order chi connectivity index (χ0) is 17.0. The van der Waals surface area contributed by atoms with Gasteiger partial charge in [-0.25, -0.2) is 4.98 Å². The number of anilines is 3. The molecule has 0 saturated carbocycles. The molecule has 1 aromatic carbocycles. The van der Waals surface area contributed by atoms with E-state index in [-0.39, 0.29) is 12.4 Å². The van der Waals surface area contributed by atoms with Crippen molar-refractivity contribution in [2.75, 3.05) is 11.1 Å². The van der Waals surface area contributed by atoms with Crippen molar-refractivity contribution in [2.45, 2.75) is 19.0 Å². The van der Waals surface area contributed by atoms with Crippen molar-refractivity contribution in [1.82, 2.24) is 9.97 Å². The lowest BCUT2D eigenvalue weighted by atomic mass is 10.1. The summed E-state index contributed by atoms with van der Waals surface area (Å²) in [7, 11) is 0. The minimum atomic E-state index is -4.60. The van der Waals surface area contributed by atoms with Crippen LogP contribution < -0.4 is 11.1 Å². The largest absolute Gasteiger partial charge is 0.481 e. The first-order chi connectivity index (χ1) is 10.8. The molecular weight excluding hydrogens is 313 g/mol. The van der Waals surface area contributed by atoms with Gasteiger partial charge in [0.2, 0.25) is 5.95 Å². The van der Waals surface area contributed by atoms with E-state index in [1.165, 1.54) is 0 Å². The highest BCUT2D eigenvalue weighted by molar-refractivity contribution is 5.67. The quantitative estimate of drug-likeness (QED) is 0.781. The van der Waals surface area contributed by atoms with Gasteiger partial charge in [0.1, 0.15) is 11.4 Å². The highest BCUT2D eigenvalue weighted by Crippen LogP contribution is 2.32. The molecule has 1 aromatic heterocycles. The van der Waals surface area contributed by atoms with Gasteiger partial charge in [0.05, 0.1) is 0 Å². The lowest BCUT2D eigenvalue weighted by Gasteiger charge is -2.10. The Kier molecular flexibility index (Phi) is 4.68. The number of aromatic nitrogens is 2. The van der Waals surface area contributed by atoms with Crippen LogP contribution in [0, 0.1) is 0 Å². The summed E-state index contributed by atoms with van der Waals surface area (Å²) in [4.78, 5) is 17.6. The molecule has 0 bridgehead atoms. The fourth-order valence-corrected chi connectivity index (χ4v) is 1.81. The van der Waals surface area contributed by atoms with Crippen molar-refractivity contribution in [3.63, 3.8) is 0 Å². The van der Waals surface area contributed by atoms with Crippen LogP contribution in [0.5, 0.6) is 0 Å². The van der Waals surface area contributed by atoms with Crippen molar-refractivity contribution < 1.29 is 23.1 Å². The van der Waals surface area contributed by atoms with Crippen LogP contribution in [0.2, 0.25) is 0 Å². The van der Waals surface area contributed by atoms with Crippen LogP contribution in [0.15, 0.2) is 30.5 Å². The molecule has 0 fully saturated rings. The Morgan fingerprint density at radius 2 is 1.91 bits per heavy atom. The number of nitrogen functional groups attached to an aromatic ring is 1. The maximum Gasteiger partial charge on any atom is 0.421 e. The van der Waals surface area contributed by atoms with E-state index in [2.05, 4.69) is 15.3 Å². The highest BCUT2D eigenvalue weighted by Gasteiger charge is 2.34. The fraction of sp³-hybridized carbons (Fsp3) is 0.214. The van der Waals surface area contributed by atoms with Crippen LogP contribution in [0.4, 0.5) is 30.6 Å². The van der Waals surface area contributed by atoms with Gasteiger partial charge in [0, 0.05) is 18.3 Å². The van der Waals surface area contributed by atoms with E-state index >= 15 is 0 Å². The van der Waals surface area contributed by atoms with E-state index in [0.717, 1.165) is 5.56 Å². The fourth-order valence-electron chi connectivity index (χ4n) is 1.81. The molecule has 0 aliphatic heterocycles. The second-order valence-corrected chi connectivity index (χ2v) is 4.71. The van der Waals surface area contributed by atoms with Crippen molar-refractivity contribution in [3.8, 4) is 0 Å². The standard InChI is InChI=1S/C14H13F3N4O2/c15-14(16,17)10-7-19-13(21-12(10)18)20-9-4-1-8(2-5-9)3-6-11(22)23/h1-2,4-5,7H,3,6H2,(H,22,23)(H3,18,19,20,21). The third-order valence-corrected chi connectivity index (χ3v) is 2.96. The van der Waals surface area contributed by atoms with Crippen LogP contribution in [-0.4, -0.2) is 21.0 Å². The van der Waals surface area contributed by atoms with Crippen LogP contribution in [0.3, 0.4) is 0 Å². The molecule has 6 nitrogen and oxygen atoms in total. The molecule has 4 N–H and O–H groups in total. The summed E-state index contributed by atoms with van der Waals surface area (Å²) in [5.41, 5.74) is 5.57. The number of carboxylic acids is 1. The van der Waals surface area contributed by atoms with Gasteiger partial charge in [-0.15, -0.1) is 0 Å². The van der Waals surface area contributed by atoms with Gasteiger partial charge in [-0.2, -0.15) is 18.2 Å². The first-order valence-corrected chi connectivity index (χ1v) is 6.53. The number of benzene rings is 1. The van der Waals surface area contributed by atoms with E-state index in [4.69, 9.17) is 10.8 Å². The summed E-state index contributed by atoms with van der Waals surface area (Å²) >= 11 is 0. The van der Waals surface area contributed by atoms with Gasteiger partial charge in [-0.05, 0) is 24.1 Å². The number of rotatable bonds is 5. The molecule has 2 aromatic rings. The van der Waals surface area contributed by atoms with Gasteiger partial charge in [0.25, 0.3) is 0 Å². The average molecular weight is 326 g/mol. The van der Waals surface area contributed by atoms with Crippen molar-refractivity contribution in [1.29, 1.82) is 0 Å². The second-order valence-electron chi connectivity index (χ2n) is 4.71. The number of aryl methyl sites for hydroxylation is 1. The van der Waals surface area contributed by atoms with E-state index in [1.807, 2.05) is 0 Å². The Morgan fingerprint density at radius 1 is 1.26 bits per heavy atom. The first kappa shape index (κ1) is 16.5. The molecule has 0 saturated heterocycles.